The number of hydrogen-bond acceptors (Lipinski definition) is 5. The highest BCUT2D eigenvalue weighted by molar-refractivity contribution is 5.74. The van der Waals surface area contributed by atoms with Crippen LogP contribution in [0.1, 0.15) is 11.3 Å². The lowest BCUT2D eigenvalue weighted by atomic mass is 10.2. The number of rotatable bonds is 4. The zero-order valence-electron chi connectivity index (χ0n) is 10.5. The van der Waals surface area contributed by atoms with Gasteiger partial charge in [-0.2, -0.15) is 0 Å². The number of pyridine rings is 1. The lowest BCUT2D eigenvalue weighted by Gasteiger charge is -2.09. The average molecular weight is 258 g/mol. The topological polar surface area (TPSA) is 94.1 Å². The first-order chi connectivity index (χ1) is 9.09. The number of benzene rings is 1. The molecule has 3 N–H and O–H groups in total. The van der Waals surface area contributed by atoms with Crippen molar-refractivity contribution >= 4 is 17.1 Å². The summed E-state index contributed by atoms with van der Waals surface area (Å²) in [5.41, 5.74) is 7.94. The summed E-state index contributed by atoms with van der Waals surface area (Å²) in [6.07, 6.45) is 1.69. The molecular weight excluding hydrogens is 244 g/mol. The quantitative estimate of drug-likeness (QED) is 0.499. The van der Waals surface area contributed by atoms with Crippen molar-refractivity contribution in [3.05, 3.63) is 57.9 Å². The standard InChI is InChI=1S/C13H14N4O2/c1-9-4-3-7-15-12(9)8-16-11-6-2-5-10(14)13(11)17(18)19/h2-7,16H,8,14H2,1H3. The first kappa shape index (κ1) is 12.8. The third kappa shape index (κ3) is 2.79. The molecule has 0 fully saturated rings. The molecule has 1 aromatic carbocycles. The fourth-order valence-corrected chi connectivity index (χ4v) is 1.79. The van der Waals surface area contributed by atoms with Gasteiger partial charge in [-0.25, -0.2) is 0 Å². The number of aryl methyl sites for hydroxylation is 1. The fourth-order valence-electron chi connectivity index (χ4n) is 1.79. The Morgan fingerprint density at radius 3 is 2.84 bits per heavy atom. The number of aromatic nitrogens is 1. The van der Waals surface area contributed by atoms with Gasteiger partial charge in [-0.3, -0.25) is 15.1 Å². The second-order valence-electron chi connectivity index (χ2n) is 4.12. The van der Waals surface area contributed by atoms with Gasteiger partial charge >= 0.3 is 5.69 Å². The zero-order chi connectivity index (χ0) is 13.8. The van der Waals surface area contributed by atoms with Crippen LogP contribution in [0.5, 0.6) is 0 Å². The molecule has 0 atom stereocenters. The van der Waals surface area contributed by atoms with E-state index in [0.29, 0.717) is 12.2 Å². The normalized spacial score (nSPS) is 10.2. The number of nitrogens with zero attached hydrogens (tertiary/aromatic N) is 2. The van der Waals surface area contributed by atoms with Gasteiger partial charge in [-0.05, 0) is 30.7 Å². The zero-order valence-corrected chi connectivity index (χ0v) is 10.5. The van der Waals surface area contributed by atoms with E-state index in [1.807, 2.05) is 19.1 Å². The van der Waals surface area contributed by atoms with E-state index in [4.69, 9.17) is 5.73 Å². The van der Waals surface area contributed by atoms with Crippen LogP contribution < -0.4 is 11.1 Å². The third-order valence-electron chi connectivity index (χ3n) is 2.81. The molecule has 6 heteroatoms. The van der Waals surface area contributed by atoms with E-state index >= 15 is 0 Å². The second-order valence-corrected chi connectivity index (χ2v) is 4.12. The van der Waals surface area contributed by atoms with Gasteiger partial charge in [0, 0.05) is 6.20 Å². The molecule has 1 heterocycles. The summed E-state index contributed by atoms with van der Waals surface area (Å²) >= 11 is 0. The molecule has 0 saturated heterocycles. The Morgan fingerprint density at radius 1 is 1.37 bits per heavy atom. The number of anilines is 2. The molecule has 0 radical (unpaired) electrons. The number of nitro groups is 1. The average Bonchev–Trinajstić information content (AvgIpc) is 2.37. The third-order valence-corrected chi connectivity index (χ3v) is 2.81. The predicted molar refractivity (Wildman–Crippen MR) is 73.8 cm³/mol. The molecule has 0 saturated carbocycles. The number of para-hydroxylation sites is 1. The van der Waals surface area contributed by atoms with Gasteiger partial charge in [-0.15, -0.1) is 0 Å². The predicted octanol–water partition coefficient (Wildman–Crippen LogP) is 2.49. The molecule has 6 nitrogen and oxygen atoms in total. The van der Waals surface area contributed by atoms with Crippen molar-refractivity contribution in [2.24, 2.45) is 0 Å². The summed E-state index contributed by atoms with van der Waals surface area (Å²) in [6, 6.07) is 8.61. The Hall–Kier alpha value is -2.63. The smallest absolute Gasteiger partial charge is 0.314 e. The van der Waals surface area contributed by atoms with Crippen LogP contribution in [0.2, 0.25) is 0 Å². The lowest BCUT2D eigenvalue weighted by molar-refractivity contribution is -0.383. The number of nitrogens with one attached hydrogen (secondary N) is 1. The van der Waals surface area contributed by atoms with Gasteiger partial charge in [0.05, 0.1) is 17.2 Å². The Kier molecular flexibility index (Phi) is 3.61. The largest absolute Gasteiger partial charge is 0.393 e. The van der Waals surface area contributed by atoms with E-state index in [9.17, 15) is 10.1 Å². The van der Waals surface area contributed by atoms with Gasteiger partial charge in [0.25, 0.3) is 0 Å². The summed E-state index contributed by atoms with van der Waals surface area (Å²) in [5.74, 6) is 0. The summed E-state index contributed by atoms with van der Waals surface area (Å²) in [4.78, 5) is 14.7. The van der Waals surface area contributed by atoms with E-state index in [-0.39, 0.29) is 11.4 Å². The van der Waals surface area contributed by atoms with Gasteiger partial charge in [0.15, 0.2) is 0 Å². The fraction of sp³-hybridized carbons (Fsp3) is 0.154. The molecule has 19 heavy (non-hydrogen) atoms. The second kappa shape index (κ2) is 5.34. The van der Waals surface area contributed by atoms with Crippen LogP contribution in [0, 0.1) is 17.0 Å². The minimum Gasteiger partial charge on any atom is -0.393 e. The first-order valence-corrected chi connectivity index (χ1v) is 5.77. The summed E-state index contributed by atoms with van der Waals surface area (Å²) in [7, 11) is 0. The lowest BCUT2D eigenvalue weighted by Crippen LogP contribution is -2.06. The van der Waals surface area contributed by atoms with E-state index in [1.165, 1.54) is 6.07 Å². The van der Waals surface area contributed by atoms with Crippen LogP contribution in [-0.2, 0) is 6.54 Å². The Balaban J connectivity index is 2.23. The molecule has 0 amide bonds. The van der Waals surface area contributed by atoms with Gasteiger partial charge in [0.1, 0.15) is 11.4 Å². The van der Waals surface area contributed by atoms with Crippen molar-refractivity contribution < 1.29 is 4.92 Å². The molecule has 2 rings (SSSR count). The van der Waals surface area contributed by atoms with Crippen LogP contribution in [0.15, 0.2) is 36.5 Å². The number of hydrogen-bond donors (Lipinski definition) is 2. The molecule has 0 aliphatic carbocycles. The Morgan fingerprint density at radius 2 is 2.16 bits per heavy atom. The molecule has 0 aliphatic rings. The molecule has 0 bridgehead atoms. The van der Waals surface area contributed by atoms with Gasteiger partial charge < -0.3 is 11.1 Å². The van der Waals surface area contributed by atoms with E-state index < -0.39 is 4.92 Å². The van der Waals surface area contributed by atoms with Crippen molar-refractivity contribution in [3.63, 3.8) is 0 Å². The van der Waals surface area contributed by atoms with Crippen molar-refractivity contribution in [1.82, 2.24) is 4.98 Å². The van der Waals surface area contributed by atoms with Crippen molar-refractivity contribution in [3.8, 4) is 0 Å². The number of nitro benzene ring substituents is 1. The Labute approximate surface area is 110 Å². The first-order valence-electron chi connectivity index (χ1n) is 5.77. The monoisotopic (exact) mass is 258 g/mol. The van der Waals surface area contributed by atoms with E-state index in [2.05, 4.69) is 10.3 Å². The van der Waals surface area contributed by atoms with Gasteiger partial charge in [-0.1, -0.05) is 12.1 Å². The molecule has 0 unspecified atom stereocenters. The molecule has 0 aliphatic heterocycles. The maximum Gasteiger partial charge on any atom is 0.314 e. The maximum atomic E-state index is 11.0. The molecule has 98 valence electrons. The summed E-state index contributed by atoms with van der Waals surface area (Å²) in [5, 5.41) is 14.0. The van der Waals surface area contributed by atoms with Crippen molar-refractivity contribution in [2.45, 2.75) is 13.5 Å². The van der Waals surface area contributed by atoms with Crippen LogP contribution in [0.4, 0.5) is 17.1 Å². The Bertz CT molecular complexity index is 613. The highest BCUT2D eigenvalue weighted by Crippen LogP contribution is 2.30. The van der Waals surface area contributed by atoms with Crippen molar-refractivity contribution in [1.29, 1.82) is 0 Å². The van der Waals surface area contributed by atoms with E-state index in [1.54, 1.807) is 18.3 Å². The van der Waals surface area contributed by atoms with E-state index in [0.717, 1.165) is 11.3 Å². The number of nitrogens with two attached hydrogens (primary N) is 1. The maximum absolute atomic E-state index is 11.0. The SMILES string of the molecule is Cc1cccnc1CNc1cccc(N)c1[N+](=O)[O-]. The van der Waals surface area contributed by atoms with Crippen LogP contribution in [-0.4, -0.2) is 9.91 Å². The minimum absolute atomic E-state index is 0.101. The summed E-state index contributed by atoms with van der Waals surface area (Å²) < 4.78 is 0. The molecule has 2 aromatic rings. The van der Waals surface area contributed by atoms with Crippen molar-refractivity contribution in [2.75, 3.05) is 11.1 Å². The minimum atomic E-state index is -0.483. The molecule has 0 spiro atoms. The molecule has 1 aromatic heterocycles. The highest BCUT2D eigenvalue weighted by atomic mass is 16.6. The van der Waals surface area contributed by atoms with Crippen LogP contribution in [0.3, 0.4) is 0 Å². The summed E-state index contributed by atoms with van der Waals surface area (Å²) in [6.45, 7) is 2.36. The van der Waals surface area contributed by atoms with Crippen LogP contribution in [0.25, 0.3) is 0 Å². The van der Waals surface area contributed by atoms with Gasteiger partial charge in [0.2, 0.25) is 0 Å². The highest BCUT2D eigenvalue weighted by Gasteiger charge is 2.17. The van der Waals surface area contributed by atoms with Crippen LogP contribution >= 0.6 is 0 Å². The number of nitrogen functional groups attached to an aromatic ring is 1. The molecular formula is C13H14N4O2.